The zero-order valence-electron chi connectivity index (χ0n) is 27.3. The van der Waals surface area contributed by atoms with E-state index in [-0.39, 0.29) is 6.04 Å². The third-order valence-corrected chi connectivity index (χ3v) is 10.2. The van der Waals surface area contributed by atoms with Gasteiger partial charge in [0.1, 0.15) is 11.2 Å². The molecule has 1 aliphatic rings. The van der Waals surface area contributed by atoms with Gasteiger partial charge in [-0.3, -0.25) is 4.57 Å². The lowest BCUT2D eigenvalue weighted by Crippen LogP contribution is -2.38. The third kappa shape index (κ3) is 4.23. The molecule has 0 saturated heterocycles. The van der Waals surface area contributed by atoms with Gasteiger partial charge in [-0.2, -0.15) is 14.5 Å². The maximum Gasteiger partial charge on any atom is 0.238 e. The van der Waals surface area contributed by atoms with Gasteiger partial charge in [0.25, 0.3) is 0 Å². The number of pyridine rings is 1. The fourth-order valence-corrected chi connectivity index (χ4v) is 7.94. The normalized spacial score (nSPS) is 13.7. The van der Waals surface area contributed by atoms with Crippen molar-refractivity contribution in [2.45, 2.75) is 6.04 Å². The fraction of sp³-hybridized carbons (Fsp3) is 0.0222. The zero-order valence-corrected chi connectivity index (χ0v) is 27.3. The molecule has 51 heavy (non-hydrogen) atoms. The number of hydrogen-bond donors (Lipinski definition) is 0. The van der Waals surface area contributed by atoms with Crippen molar-refractivity contribution in [3.63, 3.8) is 0 Å². The average molecular weight is 655 g/mol. The standard InChI is InChI=1S/C45H28N5O/c1-3-13-28(14-4-1)43-46-44(29-21-22-31-30-15-5-6-18-34(30)42(37(31)25-29)49-23-11-2-12-24-49)48-45(47-43)50-38-19-9-7-16-32(38)35-26-36-33-17-8-10-20-40(33)51-41(36)27-39(35)50/h1-27,42H/q+1. The quantitative estimate of drug-likeness (QED) is 0.177. The lowest BCUT2D eigenvalue weighted by Gasteiger charge is -2.12. The van der Waals surface area contributed by atoms with Crippen LogP contribution in [0.25, 0.3) is 83.6 Å². The van der Waals surface area contributed by atoms with Crippen LogP contribution < -0.4 is 4.57 Å². The van der Waals surface area contributed by atoms with Crippen LogP contribution >= 0.6 is 0 Å². The highest BCUT2D eigenvalue weighted by atomic mass is 16.3. The molecule has 10 aromatic rings. The summed E-state index contributed by atoms with van der Waals surface area (Å²) in [6.45, 7) is 0. The van der Waals surface area contributed by atoms with E-state index >= 15 is 0 Å². The number of aromatic nitrogens is 5. The topological polar surface area (TPSA) is 60.6 Å². The van der Waals surface area contributed by atoms with Gasteiger partial charge >= 0.3 is 0 Å². The van der Waals surface area contributed by atoms with Crippen LogP contribution in [0.15, 0.2) is 168 Å². The van der Waals surface area contributed by atoms with E-state index in [9.17, 15) is 0 Å². The van der Waals surface area contributed by atoms with E-state index in [1.165, 1.54) is 22.3 Å². The summed E-state index contributed by atoms with van der Waals surface area (Å²) in [4.78, 5) is 15.6. The van der Waals surface area contributed by atoms with Gasteiger partial charge in [-0.05, 0) is 35.4 Å². The van der Waals surface area contributed by atoms with Gasteiger partial charge in [-0.25, -0.2) is 4.98 Å². The molecule has 1 aliphatic carbocycles. The first-order valence-corrected chi connectivity index (χ1v) is 17.1. The lowest BCUT2D eigenvalue weighted by atomic mass is 10.0. The van der Waals surface area contributed by atoms with Crippen LogP contribution in [0.2, 0.25) is 0 Å². The van der Waals surface area contributed by atoms with Crippen molar-refractivity contribution in [2.24, 2.45) is 0 Å². The van der Waals surface area contributed by atoms with Crippen molar-refractivity contribution in [3.05, 3.63) is 175 Å². The highest BCUT2D eigenvalue weighted by Gasteiger charge is 2.35. The van der Waals surface area contributed by atoms with Crippen molar-refractivity contribution in [2.75, 3.05) is 0 Å². The Morgan fingerprint density at radius 1 is 0.471 bits per heavy atom. The van der Waals surface area contributed by atoms with Crippen LogP contribution in [0.1, 0.15) is 17.2 Å². The molecule has 0 fully saturated rings. The average Bonchev–Trinajstić information content (AvgIpc) is 3.84. The molecule has 0 radical (unpaired) electrons. The van der Waals surface area contributed by atoms with E-state index in [0.29, 0.717) is 17.6 Å². The molecule has 1 atom stereocenters. The molecular formula is C45H28N5O+. The Kier molecular flexibility index (Phi) is 5.92. The monoisotopic (exact) mass is 654 g/mol. The van der Waals surface area contributed by atoms with Crippen LogP contribution in [0, 0.1) is 0 Å². The molecule has 0 bridgehead atoms. The maximum absolute atomic E-state index is 6.38. The number of furan rings is 1. The van der Waals surface area contributed by atoms with Gasteiger partial charge in [0.2, 0.25) is 12.0 Å². The van der Waals surface area contributed by atoms with E-state index in [2.05, 4.69) is 131 Å². The molecule has 0 saturated carbocycles. The van der Waals surface area contributed by atoms with Crippen molar-refractivity contribution >= 4 is 43.7 Å². The second kappa shape index (κ2) is 10.8. The van der Waals surface area contributed by atoms with E-state index in [1.54, 1.807) is 0 Å². The minimum atomic E-state index is 0.0378. The SMILES string of the molecule is c1ccc(-c2nc(-c3ccc4c(c3)C([n+]3ccccc3)c3ccccc3-4)nc(-n3c4ccccc4c4cc5c(cc43)oc3ccccc35)n2)cc1. The molecule has 0 aliphatic heterocycles. The van der Waals surface area contributed by atoms with Gasteiger partial charge in [0.05, 0.1) is 11.0 Å². The molecule has 6 nitrogen and oxygen atoms in total. The molecule has 4 aromatic heterocycles. The van der Waals surface area contributed by atoms with Crippen molar-refractivity contribution in [1.29, 1.82) is 0 Å². The molecule has 4 heterocycles. The highest BCUT2D eigenvalue weighted by Crippen LogP contribution is 2.44. The molecule has 0 N–H and O–H groups in total. The van der Waals surface area contributed by atoms with Crippen molar-refractivity contribution < 1.29 is 8.98 Å². The lowest BCUT2D eigenvalue weighted by molar-refractivity contribution is -0.704. The highest BCUT2D eigenvalue weighted by molar-refractivity contribution is 6.17. The predicted molar refractivity (Wildman–Crippen MR) is 202 cm³/mol. The van der Waals surface area contributed by atoms with Crippen LogP contribution in [0.3, 0.4) is 0 Å². The van der Waals surface area contributed by atoms with E-state index in [1.807, 2.05) is 42.5 Å². The van der Waals surface area contributed by atoms with Gasteiger partial charge in [-0.1, -0.05) is 109 Å². The Bertz CT molecular complexity index is 2980. The van der Waals surface area contributed by atoms with Crippen molar-refractivity contribution in [3.8, 4) is 39.9 Å². The third-order valence-electron chi connectivity index (χ3n) is 10.2. The molecule has 6 heteroatoms. The summed E-state index contributed by atoms with van der Waals surface area (Å²) < 4.78 is 10.8. The van der Waals surface area contributed by atoms with Gasteiger partial charge < -0.3 is 4.42 Å². The van der Waals surface area contributed by atoms with Crippen LogP contribution in [-0.2, 0) is 0 Å². The smallest absolute Gasteiger partial charge is 0.238 e. The summed E-state index contributed by atoms with van der Waals surface area (Å²) >= 11 is 0. The Hall–Kier alpha value is -6.92. The maximum atomic E-state index is 6.38. The summed E-state index contributed by atoms with van der Waals surface area (Å²) in [6, 6.07) is 52.8. The minimum absolute atomic E-state index is 0.0378. The molecule has 6 aromatic carbocycles. The molecule has 1 unspecified atom stereocenters. The number of rotatable bonds is 4. The Morgan fingerprint density at radius 3 is 2.06 bits per heavy atom. The van der Waals surface area contributed by atoms with Gasteiger partial charge in [-0.15, -0.1) is 0 Å². The predicted octanol–water partition coefficient (Wildman–Crippen LogP) is 10.1. The summed E-state index contributed by atoms with van der Waals surface area (Å²) in [5.74, 6) is 1.78. The molecule has 0 amide bonds. The summed E-state index contributed by atoms with van der Waals surface area (Å²) in [5.41, 5.74) is 10.5. The van der Waals surface area contributed by atoms with Crippen molar-refractivity contribution in [1.82, 2.24) is 19.5 Å². The van der Waals surface area contributed by atoms with Crippen LogP contribution in [-0.4, -0.2) is 19.5 Å². The summed E-state index contributed by atoms with van der Waals surface area (Å²) in [5, 5.41) is 4.44. The minimum Gasteiger partial charge on any atom is -0.456 e. The molecular weight excluding hydrogens is 627 g/mol. The van der Waals surface area contributed by atoms with E-state index < -0.39 is 0 Å². The molecule has 238 valence electrons. The first kappa shape index (κ1) is 28.0. The number of fused-ring (bicyclic) bond motifs is 9. The second-order valence-electron chi connectivity index (χ2n) is 13.1. The van der Waals surface area contributed by atoms with Gasteiger partial charge in [0.15, 0.2) is 24.0 Å². The number of para-hydroxylation sites is 2. The fourth-order valence-electron chi connectivity index (χ4n) is 7.94. The number of benzene rings is 6. The van der Waals surface area contributed by atoms with Gasteiger partial charge in [0, 0.05) is 62.0 Å². The summed E-state index contributed by atoms with van der Waals surface area (Å²) in [6.07, 6.45) is 4.28. The van der Waals surface area contributed by atoms with E-state index in [0.717, 1.165) is 54.9 Å². The Morgan fingerprint density at radius 2 is 1.18 bits per heavy atom. The molecule has 0 spiro atoms. The Balaban J connectivity index is 1.17. The van der Waals surface area contributed by atoms with Crippen LogP contribution in [0.5, 0.6) is 0 Å². The first-order valence-electron chi connectivity index (χ1n) is 17.1. The van der Waals surface area contributed by atoms with E-state index in [4.69, 9.17) is 19.4 Å². The first-order chi connectivity index (χ1) is 25.3. The summed E-state index contributed by atoms with van der Waals surface area (Å²) in [7, 11) is 0. The largest absolute Gasteiger partial charge is 0.456 e. The molecule has 11 rings (SSSR count). The van der Waals surface area contributed by atoms with Crippen LogP contribution in [0.4, 0.5) is 0 Å². The second-order valence-corrected chi connectivity index (χ2v) is 13.1. The Labute approximate surface area is 292 Å². The zero-order chi connectivity index (χ0) is 33.5. The number of nitrogens with zero attached hydrogens (tertiary/aromatic N) is 5. The number of hydrogen-bond acceptors (Lipinski definition) is 4.